The number of nitrogens with one attached hydrogen (secondary N) is 1. The van der Waals surface area contributed by atoms with Gasteiger partial charge in [0.2, 0.25) is 5.91 Å². The van der Waals surface area contributed by atoms with Crippen LogP contribution in [-0.4, -0.2) is 76.8 Å². The lowest BCUT2D eigenvalue weighted by Gasteiger charge is -2.43. The van der Waals surface area contributed by atoms with Gasteiger partial charge in [0.15, 0.2) is 0 Å². The molecule has 1 aromatic carbocycles. The predicted octanol–water partition coefficient (Wildman–Crippen LogP) is 1.37. The summed E-state index contributed by atoms with van der Waals surface area (Å²) in [6, 6.07) is 1.04. The number of rotatable bonds is 6. The summed E-state index contributed by atoms with van der Waals surface area (Å²) in [5, 5.41) is 23.1. The topological polar surface area (TPSA) is 108 Å². The van der Waals surface area contributed by atoms with Gasteiger partial charge in [-0.3, -0.25) is 9.69 Å². The first kappa shape index (κ1) is 25.0. The van der Waals surface area contributed by atoms with Crippen molar-refractivity contribution in [2.45, 2.75) is 64.0 Å². The molecule has 1 aliphatic rings. The lowest BCUT2D eigenvalue weighted by atomic mass is 9.94. The maximum Gasteiger partial charge on any atom is 0.410 e. The van der Waals surface area contributed by atoms with E-state index in [0.717, 1.165) is 18.2 Å². The van der Waals surface area contributed by atoms with Gasteiger partial charge in [0.25, 0.3) is 0 Å². The smallest absolute Gasteiger partial charge is 0.410 e. The van der Waals surface area contributed by atoms with Gasteiger partial charge in [0, 0.05) is 13.0 Å². The molecule has 1 saturated heterocycles. The van der Waals surface area contributed by atoms with E-state index < -0.39 is 53.5 Å². The number of amides is 2. The maximum atomic E-state index is 13.6. The lowest BCUT2D eigenvalue weighted by molar-refractivity contribution is -0.126. The van der Waals surface area contributed by atoms with Crippen molar-refractivity contribution in [2.75, 3.05) is 19.8 Å². The molecule has 1 heterocycles. The molecule has 0 aromatic heterocycles. The Bertz CT molecular complexity index is 765. The average molecular weight is 444 g/mol. The molecule has 0 spiro atoms. The first-order valence-electron chi connectivity index (χ1n) is 10.0. The highest BCUT2D eigenvalue weighted by molar-refractivity contribution is 5.73. The summed E-state index contributed by atoms with van der Waals surface area (Å²) in [4.78, 5) is 25.7. The van der Waals surface area contributed by atoms with Crippen LogP contribution in [-0.2, 0) is 20.7 Å². The number of aliphatic hydroxyl groups excluding tert-OH is 2. The minimum Gasteiger partial charge on any atom is -0.444 e. The van der Waals surface area contributed by atoms with Gasteiger partial charge < -0.3 is 25.0 Å². The second-order valence-corrected chi connectivity index (χ2v) is 8.62. The Morgan fingerprint density at radius 3 is 2.42 bits per heavy atom. The number of ether oxygens (including phenoxy) is 2. The van der Waals surface area contributed by atoms with Crippen molar-refractivity contribution in [2.24, 2.45) is 0 Å². The third-order valence-corrected chi connectivity index (χ3v) is 4.71. The van der Waals surface area contributed by atoms with Gasteiger partial charge in [-0.1, -0.05) is 0 Å². The highest BCUT2D eigenvalue weighted by Gasteiger charge is 2.41. The molecule has 0 saturated carbocycles. The summed E-state index contributed by atoms with van der Waals surface area (Å²) in [7, 11) is 0. The third kappa shape index (κ3) is 7.41. The molecule has 3 N–H and O–H groups in total. The van der Waals surface area contributed by atoms with Gasteiger partial charge in [-0.15, -0.1) is 0 Å². The van der Waals surface area contributed by atoms with Gasteiger partial charge >= 0.3 is 6.09 Å². The van der Waals surface area contributed by atoms with Gasteiger partial charge in [-0.25, -0.2) is 13.6 Å². The number of hydrogen-bond acceptors (Lipinski definition) is 6. The molecular formula is C21H30F2N2O6. The molecule has 10 heteroatoms. The number of hydrogen-bond donors (Lipinski definition) is 3. The van der Waals surface area contributed by atoms with E-state index in [1.165, 1.54) is 11.8 Å². The Kier molecular flexibility index (Phi) is 8.33. The number of carbonyl (C=O) groups is 2. The minimum absolute atomic E-state index is 0.0332. The number of benzene rings is 1. The largest absolute Gasteiger partial charge is 0.444 e. The molecule has 2 rings (SSSR count). The van der Waals surface area contributed by atoms with E-state index in [4.69, 9.17) is 9.47 Å². The Labute approximate surface area is 180 Å². The summed E-state index contributed by atoms with van der Waals surface area (Å²) >= 11 is 0. The van der Waals surface area contributed by atoms with Crippen LogP contribution in [0.15, 0.2) is 18.2 Å². The molecule has 2 amide bonds. The van der Waals surface area contributed by atoms with Crippen LogP contribution >= 0.6 is 0 Å². The second-order valence-electron chi connectivity index (χ2n) is 8.62. The van der Waals surface area contributed by atoms with Crippen molar-refractivity contribution in [3.05, 3.63) is 35.4 Å². The molecule has 1 aromatic rings. The van der Waals surface area contributed by atoms with Crippen molar-refractivity contribution in [1.82, 2.24) is 10.2 Å². The highest BCUT2D eigenvalue weighted by atomic mass is 19.1. The van der Waals surface area contributed by atoms with Gasteiger partial charge in [0.1, 0.15) is 17.2 Å². The zero-order valence-corrected chi connectivity index (χ0v) is 18.1. The molecule has 1 aliphatic heterocycles. The maximum absolute atomic E-state index is 13.6. The first-order chi connectivity index (χ1) is 14.4. The van der Waals surface area contributed by atoms with Gasteiger partial charge in [0.05, 0.1) is 44.1 Å². The van der Waals surface area contributed by atoms with Crippen LogP contribution in [0.2, 0.25) is 0 Å². The number of halogens is 2. The molecule has 4 atom stereocenters. The summed E-state index contributed by atoms with van der Waals surface area (Å²) in [5.41, 5.74) is -0.570. The van der Waals surface area contributed by atoms with Crippen LogP contribution in [0, 0.1) is 11.6 Å². The fourth-order valence-electron chi connectivity index (χ4n) is 3.43. The van der Waals surface area contributed by atoms with E-state index in [1.54, 1.807) is 20.8 Å². The first-order valence-corrected chi connectivity index (χ1v) is 10.0. The van der Waals surface area contributed by atoms with Crippen molar-refractivity contribution >= 4 is 12.0 Å². The summed E-state index contributed by atoms with van der Waals surface area (Å²) < 4.78 is 38.1. The van der Waals surface area contributed by atoms with Gasteiger partial charge in [-0.2, -0.15) is 0 Å². The summed E-state index contributed by atoms with van der Waals surface area (Å²) in [6.07, 6.45) is -2.80. The molecule has 174 valence electrons. The minimum atomic E-state index is -1.35. The SMILES string of the molecule is CC(=O)N[C@@H](Cc1cc(F)cc(F)c1)[C@H](O)C1COC(CO)CN1C(=O)OC(C)(C)C. The monoisotopic (exact) mass is 444 g/mol. The summed E-state index contributed by atoms with van der Waals surface area (Å²) in [6.45, 7) is 5.83. The van der Waals surface area contributed by atoms with Gasteiger partial charge in [-0.05, 0) is 44.9 Å². The fourth-order valence-corrected chi connectivity index (χ4v) is 3.43. The van der Waals surface area contributed by atoms with Crippen molar-refractivity contribution in [3.63, 3.8) is 0 Å². The van der Waals surface area contributed by atoms with Crippen LogP contribution in [0.25, 0.3) is 0 Å². The standard InChI is InChI=1S/C21H30F2N2O6/c1-12(27)24-17(7-13-5-14(22)8-15(23)6-13)19(28)18-11-30-16(10-26)9-25(18)20(29)31-21(2,3)4/h5-6,8,16-19,26,28H,7,9-11H2,1-4H3,(H,24,27)/t16?,17-,18?,19-/m0/s1. The van der Waals surface area contributed by atoms with Crippen molar-refractivity contribution < 1.29 is 38.1 Å². The van der Waals surface area contributed by atoms with E-state index in [9.17, 15) is 28.6 Å². The quantitative estimate of drug-likeness (QED) is 0.612. The van der Waals surface area contributed by atoms with Crippen LogP contribution in [0.4, 0.5) is 13.6 Å². The van der Waals surface area contributed by atoms with Crippen LogP contribution in [0.1, 0.15) is 33.3 Å². The lowest BCUT2D eigenvalue weighted by Crippen LogP contribution is -2.62. The van der Waals surface area contributed by atoms with E-state index >= 15 is 0 Å². The van der Waals surface area contributed by atoms with E-state index in [-0.39, 0.29) is 31.7 Å². The van der Waals surface area contributed by atoms with E-state index in [2.05, 4.69) is 5.32 Å². The Hall–Kier alpha value is -2.30. The highest BCUT2D eigenvalue weighted by Crippen LogP contribution is 2.22. The molecule has 31 heavy (non-hydrogen) atoms. The fraction of sp³-hybridized carbons (Fsp3) is 0.619. The predicted molar refractivity (Wildman–Crippen MR) is 107 cm³/mol. The molecule has 1 fully saturated rings. The van der Waals surface area contributed by atoms with E-state index in [0.29, 0.717) is 0 Å². The number of nitrogens with zero attached hydrogens (tertiary/aromatic N) is 1. The third-order valence-electron chi connectivity index (χ3n) is 4.71. The van der Waals surface area contributed by atoms with E-state index in [1.807, 2.05) is 0 Å². The molecule has 0 radical (unpaired) electrons. The number of morpholine rings is 1. The Morgan fingerprint density at radius 1 is 1.29 bits per heavy atom. The normalized spacial score (nSPS) is 21.4. The van der Waals surface area contributed by atoms with Crippen LogP contribution < -0.4 is 5.32 Å². The zero-order chi connectivity index (χ0) is 23.3. The van der Waals surface area contributed by atoms with Crippen molar-refractivity contribution in [3.8, 4) is 0 Å². The van der Waals surface area contributed by atoms with Crippen molar-refractivity contribution in [1.29, 1.82) is 0 Å². The molecule has 2 unspecified atom stereocenters. The number of carbonyl (C=O) groups excluding carboxylic acids is 2. The van der Waals surface area contributed by atoms with Crippen LogP contribution in [0.5, 0.6) is 0 Å². The van der Waals surface area contributed by atoms with Crippen LogP contribution in [0.3, 0.4) is 0 Å². The molecule has 0 bridgehead atoms. The summed E-state index contributed by atoms with van der Waals surface area (Å²) in [5.74, 6) is -2.03. The molecular weight excluding hydrogens is 414 g/mol. The Balaban J connectivity index is 2.29. The average Bonchev–Trinajstić information content (AvgIpc) is 2.64. The molecule has 8 nitrogen and oxygen atoms in total. The zero-order valence-electron chi connectivity index (χ0n) is 18.1. The molecule has 0 aliphatic carbocycles. The second kappa shape index (κ2) is 10.3. The Morgan fingerprint density at radius 2 is 1.90 bits per heavy atom. The number of aliphatic hydroxyl groups is 2.